The molecule has 0 spiro atoms. The van der Waals surface area contributed by atoms with Gasteiger partial charge < -0.3 is 9.80 Å². The number of nitrogens with zero attached hydrogens (tertiary/aromatic N) is 2. The summed E-state index contributed by atoms with van der Waals surface area (Å²) in [6.07, 6.45) is 7.51. The molecule has 0 N–H and O–H groups in total. The van der Waals surface area contributed by atoms with E-state index in [1.54, 1.807) is 9.80 Å². The summed E-state index contributed by atoms with van der Waals surface area (Å²) in [5.41, 5.74) is 0. The second-order valence-corrected chi connectivity index (χ2v) is 7.44. The molecule has 0 radical (unpaired) electrons. The molecule has 0 saturated carbocycles. The molecule has 2 heterocycles. The van der Waals surface area contributed by atoms with Crippen LogP contribution in [-0.2, 0) is 9.59 Å². The Hall–Kier alpha value is -0.913. The van der Waals surface area contributed by atoms with Crippen LogP contribution in [-0.4, -0.2) is 56.2 Å². The Morgan fingerprint density at radius 3 is 1.70 bits per heavy atom. The molecule has 2 aliphatic rings. The van der Waals surface area contributed by atoms with Gasteiger partial charge in [0, 0.05) is 25.9 Å². The normalized spacial score (nSPS) is 21.6. The molecule has 2 rings (SSSR count). The Morgan fingerprint density at radius 1 is 0.800 bits per heavy atom. The third kappa shape index (κ3) is 4.58. The van der Waals surface area contributed by atoms with Gasteiger partial charge in [-0.05, 0) is 25.7 Å². The zero-order valence-electron chi connectivity index (χ0n) is 12.1. The van der Waals surface area contributed by atoms with Gasteiger partial charge in [0.2, 0.25) is 11.8 Å². The highest BCUT2D eigenvalue weighted by Crippen LogP contribution is 2.14. The molecule has 0 unspecified atom stereocenters. The fraction of sp³-hybridized carbons (Fsp3) is 0.857. The van der Waals surface area contributed by atoms with Crippen molar-refractivity contribution in [1.29, 1.82) is 0 Å². The number of carbonyl (C=O) groups is 2. The highest BCUT2D eigenvalue weighted by Gasteiger charge is 2.38. The number of halogens is 1. The second kappa shape index (κ2) is 7.76. The van der Waals surface area contributed by atoms with Crippen molar-refractivity contribution in [3.05, 3.63) is 0 Å². The number of rotatable bonds is 4. The molecule has 112 valence electrons. The number of amides is 2. The molecule has 2 saturated heterocycles. The lowest BCUT2D eigenvalue weighted by molar-refractivity contribution is -0.130. The van der Waals surface area contributed by atoms with Crippen LogP contribution < -0.4 is 0 Å². The minimum Gasteiger partial charge on any atom is -0.314 e. The monoisotopic (exact) mass is 299 g/mol. The molecule has 0 atom stereocenters. The van der Waals surface area contributed by atoms with E-state index in [0.29, 0.717) is 25.9 Å². The van der Waals surface area contributed by atoms with Gasteiger partial charge in [-0.3, -0.25) is 9.59 Å². The maximum Gasteiger partial charge on any atom is 0.586 e. The molecule has 0 aliphatic carbocycles. The predicted octanol–water partition coefficient (Wildman–Crippen LogP) is 1.83. The van der Waals surface area contributed by atoms with Crippen molar-refractivity contribution in [2.24, 2.45) is 0 Å². The predicted molar refractivity (Wildman–Crippen MR) is 77.0 cm³/mol. The fourth-order valence-corrected chi connectivity index (χ4v) is 4.47. The Labute approximate surface area is 122 Å². The van der Waals surface area contributed by atoms with Crippen LogP contribution in [0.3, 0.4) is 0 Å². The lowest BCUT2D eigenvalue weighted by atomic mass is 10.2. The first-order valence-corrected chi connectivity index (χ1v) is 9.52. The van der Waals surface area contributed by atoms with E-state index in [4.69, 9.17) is 0 Å². The summed E-state index contributed by atoms with van der Waals surface area (Å²) >= 11 is 0. The van der Waals surface area contributed by atoms with Crippen LogP contribution in [0.5, 0.6) is 0 Å². The van der Waals surface area contributed by atoms with Gasteiger partial charge in [0.05, 0.1) is 0 Å². The summed E-state index contributed by atoms with van der Waals surface area (Å²) in [6.45, 7) is 1.37. The van der Waals surface area contributed by atoms with Gasteiger partial charge >= 0.3 is 9.13 Å². The number of likely N-dealkylation sites (tertiary alicyclic amines) is 2. The van der Waals surface area contributed by atoms with E-state index < -0.39 is 9.13 Å². The van der Waals surface area contributed by atoms with Crippen molar-refractivity contribution in [3.8, 4) is 0 Å². The Kier molecular flexibility index (Phi) is 6.00. The van der Waals surface area contributed by atoms with Crippen LogP contribution in [0.2, 0.25) is 0 Å². The summed E-state index contributed by atoms with van der Waals surface area (Å²) < 4.78 is 14.3. The van der Waals surface area contributed by atoms with Crippen LogP contribution in [0.4, 0.5) is 4.11 Å². The van der Waals surface area contributed by atoms with Crippen LogP contribution in [0.25, 0.3) is 0 Å². The van der Waals surface area contributed by atoms with Crippen molar-refractivity contribution in [2.45, 2.75) is 51.4 Å². The number of hydrogen-bond donors (Lipinski definition) is 0. The topological polar surface area (TPSA) is 40.6 Å². The van der Waals surface area contributed by atoms with Crippen LogP contribution in [0.15, 0.2) is 0 Å². The highest BCUT2D eigenvalue weighted by atomic mass is 28.3. The first-order valence-electron chi connectivity index (χ1n) is 7.72. The van der Waals surface area contributed by atoms with Crippen LogP contribution in [0, 0.1) is 0 Å². The molecule has 0 aromatic rings. The van der Waals surface area contributed by atoms with Gasteiger partial charge in [-0.15, -0.1) is 0 Å². The third-order valence-corrected chi connectivity index (χ3v) is 5.52. The summed E-state index contributed by atoms with van der Waals surface area (Å²) in [5, 5.41) is 0. The summed E-state index contributed by atoms with van der Waals surface area (Å²) in [6, 6.07) is 0. The number of carbonyl (C=O) groups excluding carboxylic acids is 2. The molecule has 2 fully saturated rings. The molecule has 0 aromatic carbocycles. The maximum atomic E-state index is 14.3. The molecule has 0 aromatic heterocycles. The van der Waals surface area contributed by atoms with Gasteiger partial charge in [-0.2, -0.15) is 0 Å². The van der Waals surface area contributed by atoms with E-state index in [2.05, 4.69) is 0 Å². The molecule has 0 bridgehead atoms. The lowest BCUT2D eigenvalue weighted by Gasteiger charge is -2.19. The molecular formula is C14H24FN2O2Si+. The number of hydrogen-bond acceptors (Lipinski definition) is 2. The minimum atomic E-state index is -2.17. The molecule has 6 heteroatoms. The fourth-order valence-electron chi connectivity index (χ4n) is 2.88. The second-order valence-electron chi connectivity index (χ2n) is 5.77. The Bertz CT molecular complexity index is 322. The summed E-state index contributed by atoms with van der Waals surface area (Å²) in [4.78, 5) is 27.1. The van der Waals surface area contributed by atoms with Crippen LogP contribution in [0.1, 0.15) is 51.4 Å². The van der Waals surface area contributed by atoms with E-state index in [0.717, 1.165) is 38.5 Å². The highest BCUT2D eigenvalue weighted by molar-refractivity contribution is 6.52. The Morgan fingerprint density at radius 2 is 1.25 bits per heavy atom. The SMILES string of the molecule is O=C1CCCCCN1C[Si+](F)CN1CCCCCC1=O. The average molecular weight is 299 g/mol. The standard InChI is InChI=1S/C14H24FN2O2Si/c15-20(11-16-9-5-1-3-7-13(16)18)12-17-10-6-2-4-8-14(17)19/h1-12H2/q+1. The minimum absolute atomic E-state index is 0.0878. The first kappa shape index (κ1) is 15.5. The lowest BCUT2D eigenvalue weighted by Crippen LogP contribution is -2.45. The third-order valence-electron chi connectivity index (χ3n) is 4.07. The van der Waals surface area contributed by atoms with Crippen molar-refractivity contribution in [1.82, 2.24) is 9.80 Å². The molecule has 2 amide bonds. The Balaban J connectivity index is 1.82. The van der Waals surface area contributed by atoms with E-state index in [1.807, 2.05) is 0 Å². The summed E-state index contributed by atoms with van der Waals surface area (Å²) in [7, 11) is -2.17. The molecular weight excluding hydrogens is 275 g/mol. The average Bonchev–Trinajstić information content (AvgIpc) is 2.73. The van der Waals surface area contributed by atoms with E-state index in [1.165, 1.54) is 0 Å². The van der Waals surface area contributed by atoms with Crippen molar-refractivity contribution in [3.63, 3.8) is 0 Å². The smallest absolute Gasteiger partial charge is 0.314 e. The van der Waals surface area contributed by atoms with E-state index in [9.17, 15) is 13.7 Å². The molecule has 4 nitrogen and oxygen atoms in total. The first-order chi connectivity index (χ1) is 9.66. The van der Waals surface area contributed by atoms with E-state index in [-0.39, 0.29) is 24.2 Å². The van der Waals surface area contributed by atoms with E-state index >= 15 is 0 Å². The largest absolute Gasteiger partial charge is 0.586 e. The zero-order valence-corrected chi connectivity index (χ0v) is 13.1. The van der Waals surface area contributed by atoms with Gasteiger partial charge in [-0.25, -0.2) is 0 Å². The zero-order chi connectivity index (χ0) is 14.4. The van der Waals surface area contributed by atoms with Gasteiger partial charge in [0.1, 0.15) is 0 Å². The maximum absolute atomic E-state index is 14.3. The van der Waals surface area contributed by atoms with Crippen molar-refractivity contribution in [2.75, 3.05) is 25.4 Å². The van der Waals surface area contributed by atoms with Gasteiger partial charge in [0.25, 0.3) is 0 Å². The summed E-state index contributed by atoms with van der Waals surface area (Å²) in [5.74, 6) is 0.176. The molecule has 2 aliphatic heterocycles. The van der Waals surface area contributed by atoms with Gasteiger partial charge in [0.15, 0.2) is 12.3 Å². The van der Waals surface area contributed by atoms with Crippen molar-refractivity contribution >= 4 is 20.9 Å². The van der Waals surface area contributed by atoms with Crippen molar-refractivity contribution < 1.29 is 13.7 Å². The quantitative estimate of drug-likeness (QED) is 0.587. The molecule has 20 heavy (non-hydrogen) atoms. The van der Waals surface area contributed by atoms with Crippen LogP contribution >= 0.6 is 0 Å². The van der Waals surface area contributed by atoms with Gasteiger partial charge in [-0.1, -0.05) is 16.9 Å².